The molecular formula is C24H30FN3O. The van der Waals surface area contributed by atoms with E-state index >= 15 is 0 Å². The van der Waals surface area contributed by atoms with Crippen molar-refractivity contribution in [1.29, 1.82) is 0 Å². The number of anilines is 1. The van der Waals surface area contributed by atoms with Crippen molar-refractivity contribution in [2.75, 3.05) is 37.6 Å². The minimum Gasteiger partial charge on any atom is -0.368 e. The SMILES string of the molecule is CC(=O)N1CCN(c2ccccc2CN(Cc2ccc(F)cc2)CC2CC2)CC1. The molecule has 0 spiro atoms. The zero-order valence-corrected chi connectivity index (χ0v) is 17.2. The number of halogens is 1. The second kappa shape index (κ2) is 8.95. The number of hydrogen-bond acceptors (Lipinski definition) is 3. The van der Waals surface area contributed by atoms with Crippen LogP contribution in [0.4, 0.5) is 10.1 Å². The van der Waals surface area contributed by atoms with Crippen molar-refractivity contribution in [3.8, 4) is 0 Å². The quantitative estimate of drug-likeness (QED) is 0.711. The van der Waals surface area contributed by atoms with Crippen molar-refractivity contribution in [3.63, 3.8) is 0 Å². The van der Waals surface area contributed by atoms with Crippen LogP contribution in [-0.2, 0) is 17.9 Å². The lowest BCUT2D eigenvalue weighted by atomic mass is 10.1. The highest BCUT2D eigenvalue weighted by Crippen LogP contribution is 2.32. The second-order valence-corrected chi connectivity index (χ2v) is 8.36. The van der Waals surface area contributed by atoms with Gasteiger partial charge in [0.2, 0.25) is 5.91 Å². The van der Waals surface area contributed by atoms with Crippen LogP contribution in [0.25, 0.3) is 0 Å². The summed E-state index contributed by atoms with van der Waals surface area (Å²) in [5.74, 6) is 0.770. The van der Waals surface area contributed by atoms with E-state index in [1.54, 1.807) is 19.1 Å². The summed E-state index contributed by atoms with van der Waals surface area (Å²) in [5.41, 5.74) is 3.75. The lowest BCUT2D eigenvalue weighted by Gasteiger charge is -2.37. The van der Waals surface area contributed by atoms with E-state index in [9.17, 15) is 9.18 Å². The molecule has 29 heavy (non-hydrogen) atoms. The van der Waals surface area contributed by atoms with Gasteiger partial charge in [0.1, 0.15) is 5.82 Å². The predicted molar refractivity (Wildman–Crippen MR) is 114 cm³/mol. The maximum atomic E-state index is 13.3. The van der Waals surface area contributed by atoms with E-state index in [4.69, 9.17) is 0 Å². The molecule has 0 atom stereocenters. The minimum absolute atomic E-state index is 0.160. The molecule has 1 aliphatic carbocycles. The molecular weight excluding hydrogens is 365 g/mol. The average Bonchev–Trinajstić information content (AvgIpc) is 3.54. The van der Waals surface area contributed by atoms with Gasteiger partial charge in [-0.05, 0) is 48.1 Å². The summed E-state index contributed by atoms with van der Waals surface area (Å²) in [6.45, 7) is 7.77. The highest BCUT2D eigenvalue weighted by atomic mass is 19.1. The third kappa shape index (κ3) is 5.36. The average molecular weight is 396 g/mol. The molecule has 4 nitrogen and oxygen atoms in total. The smallest absolute Gasteiger partial charge is 0.219 e. The predicted octanol–water partition coefficient (Wildman–Crippen LogP) is 3.91. The van der Waals surface area contributed by atoms with Crippen LogP contribution in [-0.4, -0.2) is 48.4 Å². The summed E-state index contributed by atoms with van der Waals surface area (Å²) >= 11 is 0. The van der Waals surface area contributed by atoms with Crippen LogP contribution in [0.1, 0.15) is 30.9 Å². The molecule has 154 valence electrons. The first kappa shape index (κ1) is 19.9. The molecule has 0 N–H and O–H groups in total. The van der Waals surface area contributed by atoms with E-state index in [2.05, 4.69) is 34.1 Å². The van der Waals surface area contributed by atoms with Crippen LogP contribution < -0.4 is 4.90 Å². The Labute approximate surface area is 172 Å². The molecule has 2 fully saturated rings. The molecule has 0 radical (unpaired) electrons. The number of amides is 1. The van der Waals surface area contributed by atoms with E-state index < -0.39 is 0 Å². The van der Waals surface area contributed by atoms with E-state index in [1.165, 1.54) is 24.1 Å². The van der Waals surface area contributed by atoms with Crippen molar-refractivity contribution < 1.29 is 9.18 Å². The van der Waals surface area contributed by atoms with Gasteiger partial charge in [0.05, 0.1) is 0 Å². The molecule has 5 heteroatoms. The minimum atomic E-state index is -0.183. The zero-order valence-electron chi connectivity index (χ0n) is 17.2. The van der Waals surface area contributed by atoms with Crippen LogP contribution in [0.3, 0.4) is 0 Å². The lowest BCUT2D eigenvalue weighted by Crippen LogP contribution is -2.48. The fourth-order valence-corrected chi connectivity index (χ4v) is 4.15. The van der Waals surface area contributed by atoms with E-state index in [1.807, 2.05) is 17.0 Å². The molecule has 1 heterocycles. The molecule has 4 rings (SSSR count). The maximum absolute atomic E-state index is 13.3. The fourth-order valence-electron chi connectivity index (χ4n) is 4.15. The number of nitrogens with zero attached hydrogens (tertiary/aromatic N) is 3. The van der Waals surface area contributed by atoms with Gasteiger partial charge in [-0.2, -0.15) is 0 Å². The van der Waals surface area contributed by atoms with Gasteiger partial charge in [-0.3, -0.25) is 9.69 Å². The van der Waals surface area contributed by atoms with Crippen LogP contribution >= 0.6 is 0 Å². The van der Waals surface area contributed by atoms with Gasteiger partial charge in [-0.1, -0.05) is 30.3 Å². The Kier molecular flexibility index (Phi) is 6.14. The van der Waals surface area contributed by atoms with Gasteiger partial charge in [0.15, 0.2) is 0 Å². The number of rotatable bonds is 7. The summed E-state index contributed by atoms with van der Waals surface area (Å²) in [6, 6.07) is 15.5. The third-order valence-corrected chi connectivity index (χ3v) is 5.98. The Morgan fingerprint density at radius 1 is 1.00 bits per heavy atom. The summed E-state index contributed by atoms with van der Waals surface area (Å²) in [4.78, 5) is 18.5. The molecule has 0 aromatic heterocycles. The normalized spacial score (nSPS) is 17.1. The topological polar surface area (TPSA) is 26.8 Å². The fraction of sp³-hybridized carbons (Fsp3) is 0.458. The molecule has 1 saturated carbocycles. The molecule has 0 bridgehead atoms. The number of piperazine rings is 1. The molecule has 0 unspecified atom stereocenters. The van der Waals surface area contributed by atoms with Crippen molar-refractivity contribution in [2.45, 2.75) is 32.9 Å². The first-order chi connectivity index (χ1) is 14.1. The highest BCUT2D eigenvalue weighted by Gasteiger charge is 2.26. The number of carbonyl (C=O) groups excluding carboxylic acids is 1. The lowest BCUT2D eigenvalue weighted by molar-refractivity contribution is -0.129. The van der Waals surface area contributed by atoms with Crippen LogP contribution in [0.5, 0.6) is 0 Å². The maximum Gasteiger partial charge on any atom is 0.219 e. The Morgan fingerprint density at radius 2 is 1.69 bits per heavy atom. The standard InChI is InChI=1S/C24H30FN3O/c1-19(29)27-12-14-28(15-13-27)24-5-3-2-4-22(24)18-26(16-20-6-7-20)17-21-8-10-23(25)11-9-21/h2-5,8-11,20H,6-7,12-18H2,1H3. The van der Waals surface area contributed by atoms with Gasteiger partial charge in [0, 0.05) is 58.4 Å². The van der Waals surface area contributed by atoms with Gasteiger partial charge < -0.3 is 9.80 Å². The number of carbonyl (C=O) groups is 1. The van der Waals surface area contributed by atoms with Gasteiger partial charge in [0.25, 0.3) is 0 Å². The third-order valence-electron chi connectivity index (χ3n) is 5.98. The van der Waals surface area contributed by atoms with E-state index in [-0.39, 0.29) is 11.7 Å². The van der Waals surface area contributed by atoms with Gasteiger partial charge in [-0.15, -0.1) is 0 Å². The highest BCUT2D eigenvalue weighted by molar-refractivity contribution is 5.73. The Hall–Kier alpha value is -2.40. The molecule has 2 aromatic carbocycles. The molecule has 1 amide bonds. The molecule has 2 aliphatic rings. The Bertz CT molecular complexity index is 826. The van der Waals surface area contributed by atoms with Crippen molar-refractivity contribution >= 4 is 11.6 Å². The number of para-hydroxylation sites is 1. The van der Waals surface area contributed by atoms with E-state index in [0.717, 1.165) is 57.3 Å². The molecule has 1 aliphatic heterocycles. The van der Waals surface area contributed by atoms with Crippen molar-refractivity contribution in [3.05, 3.63) is 65.5 Å². The number of hydrogen-bond donors (Lipinski definition) is 0. The summed E-state index contributed by atoms with van der Waals surface area (Å²) in [7, 11) is 0. The summed E-state index contributed by atoms with van der Waals surface area (Å²) in [6.07, 6.45) is 2.63. The Morgan fingerprint density at radius 3 is 2.34 bits per heavy atom. The van der Waals surface area contributed by atoms with Crippen LogP contribution in [0, 0.1) is 11.7 Å². The second-order valence-electron chi connectivity index (χ2n) is 8.36. The van der Waals surface area contributed by atoms with Crippen LogP contribution in [0.2, 0.25) is 0 Å². The summed E-state index contributed by atoms with van der Waals surface area (Å²) in [5, 5.41) is 0. The van der Waals surface area contributed by atoms with Crippen LogP contribution in [0.15, 0.2) is 48.5 Å². The first-order valence-electron chi connectivity index (χ1n) is 10.6. The number of benzene rings is 2. The van der Waals surface area contributed by atoms with E-state index in [0.29, 0.717) is 0 Å². The van der Waals surface area contributed by atoms with Gasteiger partial charge in [-0.25, -0.2) is 4.39 Å². The zero-order chi connectivity index (χ0) is 20.2. The first-order valence-corrected chi connectivity index (χ1v) is 10.6. The van der Waals surface area contributed by atoms with Crippen molar-refractivity contribution in [1.82, 2.24) is 9.80 Å². The Balaban J connectivity index is 1.47. The monoisotopic (exact) mass is 395 g/mol. The van der Waals surface area contributed by atoms with Crippen molar-refractivity contribution in [2.24, 2.45) is 5.92 Å². The molecule has 2 aromatic rings. The summed E-state index contributed by atoms with van der Waals surface area (Å²) < 4.78 is 13.3. The largest absolute Gasteiger partial charge is 0.368 e. The molecule has 1 saturated heterocycles. The van der Waals surface area contributed by atoms with Gasteiger partial charge >= 0.3 is 0 Å².